The van der Waals surface area contributed by atoms with Crippen LogP contribution in [-0.2, 0) is 6.42 Å². The van der Waals surface area contributed by atoms with Gasteiger partial charge in [0, 0.05) is 0 Å². The van der Waals surface area contributed by atoms with Crippen LogP contribution < -0.4 is 0 Å². The molecule has 1 aliphatic rings. The van der Waals surface area contributed by atoms with E-state index in [1.807, 2.05) is 12.4 Å². The summed E-state index contributed by atoms with van der Waals surface area (Å²) in [6.07, 6.45) is 25.0. The number of hydrogen-bond donors (Lipinski definition) is 0. The maximum Gasteiger partial charge on any atom is 0.244 e. The van der Waals surface area contributed by atoms with Gasteiger partial charge in [0.2, 0.25) is 6.17 Å². The molecule has 2 nitrogen and oxygen atoms in total. The van der Waals surface area contributed by atoms with Crippen molar-refractivity contribution in [2.75, 3.05) is 0 Å². The second kappa shape index (κ2) is 16.2. The van der Waals surface area contributed by atoms with E-state index in [-0.39, 0.29) is 0 Å². The molecule has 30 heavy (non-hydrogen) atoms. The van der Waals surface area contributed by atoms with Gasteiger partial charge >= 0.3 is 0 Å². The molecule has 0 saturated heterocycles. The molecule has 0 spiro atoms. The van der Waals surface area contributed by atoms with E-state index in [1.54, 1.807) is 0 Å². The van der Waals surface area contributed by atoms with Gasteiger partial charge in [-0.05, 0) is 30.7 Å². The Morgan fingerprint density at radius 3 is 1.83 bits per heavy atom. The third-order valence-electron chi connectivity index (χ3n) is 6.52. The molecular weight excluding hydrogens is 364 g/mol. The van der Waals surface area contributed by atoms with Crippen LogP contribution in [0.2, 0.25) is 0 Å². The smallest absolute Gasteiger partial charge is 0.0965 e. The summed E-state index contributed by atoms with van der Waals surface area (Å²) in [7, 11) is 0. The summed E-state index contributed by atoms with van der Waals surface area (Å²) in [4.78, 5) is 9.28. The first-order valence-corrected chi connectivity index (χ1v) is 12.8. The molecule has 2 heteroatoms. The number of aliphatic imine (C=N–C) groups is 2. The van der Waals surface area contributed by atoms with Crippen LogP contribution in [0.25, 0.3) is 0 Å². The molecule has 2 rings (SSSR count). The van der Waals surface area contributed by atoms with Crippen LogP contribution in [0, 0.1) is 18.0 Å². The molecule has 0 amide bonds. The first-order valence-electron chi connectivity index (χ1n) is 12.8. The average molecular weight is 410 g/mol. The summed E-state index contributed by atoms with van der Waals surface area (Å²) in [5.74, 6) is 1.15. The monoisotopic (exact) mass is 409 g/mol. The highest BCUT2D eigenvalue weighted by atomic mass is 15.0. The van der Waals surface area contributed by atoms with Gasteiger partial charge in [-0.25, -0.2) is 0 Å². The standard InChI is InChI=1S/C28H45N2/c1-3-5-7-8-9-10-11-12-13-17-21-27(28-29-22-23-30-28)26(20-6-4-2)24-25-18-15-14-16-19-25/h14-16,18-19,22-23,26-27H,3-13,17,20-21,24H2,1-2H3/q+1. The third kappa shape index (κ3) is 9.96. The molecule has 1 aromatic carbocycles. The van der Waals surface area contributed by atoms with Crippen molar-refractivity contribution in [1.29, 1.82) is 0 Å². The second-order valence-corrected chi connectivity index (χ2v) is 9.08. The Balaban J connectivity index is 1.79. The fourth-order valence-electron chi connectivity index (χ4n) is 4.70. The van der Waals surface area contributed by atoms with E-state index in [4.69, 9.17) is 0 Å². The van der Waals surface area contributed by atoms with Crippen LogP contribution in [-0.4, -0.2) is 12.4 Å². The molecule has 0 N–H and O–H groups in total. The van der Waals surface area contributed by atoms with Gasteiger partial charge < -0.3 is 0 Å². The molecule has 0 aromatic heterocycles. The van der Waals surface area contributed by atoms with Crippen LogP contribution in [0.3, 0.4) is 0 Å². The fraction of sp³-hybridized carbons (Fsp3) is 0.679. The van der Waals surface area contributed by atoms with Crippen LogP contribution in [0.4, 0.5) is 0 Å². The topological polar surface area (TPSA) is 24.7 Å². The van der Waals surface area contributed by atoms with Crippen molar-refractivity contribution in [2.24, 2.45) is 21.8 Å². The summed E-state index contributed by atoms with van der Waals surface area (Å²) >= 11 is 0. The van der Waals surface area contributed by atoms with Crippen molar-refractivity contribution < 1.29 is 0 Å². The van der Waals surface area contributed by atoms with Gasteiger partial charge in [0.15, 0.2) is 12.4 Å². The highest BCUT2D eigenvalue weighted by Gasteiger charge is 2.35. The molecule has 0 saturated carbocycles. The molecule has 1 heterocycles. The zero-order valence-electron chi connectivity index (χ0n) is 19.7. The molecule has 2 unspecified atom stereocenters. The van der Waals surface area contributed by atoms with Crippen LogP contribution in [0.15, 0.2) is 40.3 Å². The average Bonchev–Trinajstić information content (AvgIpc) is 3.30. The highest BCUT2D eigenvalue weighted by Crippen LogP contribution is 2.36. The summed E-state index contributed by atoms with van der Waals surface area (Å²) in [5.41, 5.74) is 1.46. The Labute approximate surface area is 186 Å². The largest absolute Gasteiger partial charge is 0.244 e. The van der Waals surface area contributed by atoms with Gasteiger partial charge in [-0.2, -0.15) is 0 Å². The Bertz CT molecular complexity index is 566. The zero-order valence-corrected chi connectivity index (χ0v) is 19.7. The van der Waals surface area contributed by atoms with Gasteiger partial charge in [0.05, 0.1) is 5.92 Å². The van der Waals surface area contributed by atoms with Gasteiger partial charge in [0.1, 0.15) is 0 Å². The maximum atomic E-state index is 4.64. The van der Waals surface area contributed by atoms with E-state index in [1.165, 1.54) is 95.5 Å². The first-order chi connectivity index (χ1) is 14.8. The number of hydrogen-bond acceptors (Lipinski definition) is 2. The third-order valence-corrected chi connectivity index (χ3v) is 6.52. The summed E-state index contributed by atoms with van der Waals surface area (Å²) < 4.78 is 0. The molecule has 1 aliphatic heterocycles. The molecule has 0 fully saturated rings. The molecule has 1 aromatic rings. The normalized spacial score (nSPS) is 15.1. The van der Waals surface area contributed by atoms with Gasteiger partial charge in [-0.1, -0.05) is 131 Å². The van der Waals surface area contributed by atoms with E-state index >= 15 is 0 Å². The van der Waals surface area contributed by atoms with E-state index in [0.717, 1.165) is 12.6 Å². The minimum atomic E-state index is 0.501. The predicted octanol–water partition coefficient (Wildman–Crippen LogP) is 8.61. The molecular formula is C28H45N2+. The number of nitrogens with zero attached hydrogens (tertiary/aromatic N) is 2. The molecule has 0 bridgehead atoms. The number of benzene rings is 1. The maximum absolute atomic E-state index is 4.64. The summed E-state index contributed by atoms with van der Waals surface area (Å²) in [6, 6.07) is 11.0. The van der Waals surface area contributed by atoms with Crippen LogP contribution in [0.5, 0.6) is 0 Å². The van der Waals surface area contributed by atoms with Crippen molar-refractivity contribution in [3.05, 3.63) is 42.1 Å². The van der Waals surface area contributed by atoms with E-state index in [9.17, 15) is 0 Å². The van der Waals surface area contributed by atoms with Crippen molar-refractivity contribution in [3.63, 3.8) is 0 Å². The quantitative estimate of drug-likeness (QED) is 0.171. The lowest BCUT2D eigenvalue weighted by atomic mass is 9.78. The summed E-state index contributed by atoms with van der Waals surface area (Å²) in [5, 5.41) is 0. The highest BCUT2D eigenvalue weighted by molar-refractivity contribution is 6.18. The zero-order chi connectivity index (χ0) is 21.3. The van der Waals surface area contributed by atoms with Crippen molar-refractivity contribution in [3.8, 4) is 0 Å². The van der Waals surface area contributed by atoms with E-state index in [0.29, 0.717) is 11.8 Å². The lowest BCUT2D eigenvalue weighted by molar-refractivity contribution is 0.286. The first kappa shape index (κ1) is 24.7. The number of unbranched alkanes of at least 4 members (excludes halogenated alkanes) is 10. The van der Waals surface area contributed by atoms with E-state index in [2.05, 4.69) is 54.2 Å². The Hall–Kier alpha value is -1.57. The predicted molar refractivity (Wildman–Crippen MR) is 133 cm³/mol. The fourth-order valence-corrected chi connectivity index (χ4v) is 4.70. The molecule has 2 atom stereocenters. The molecule has 0 aliphatic carbocycles. The van der Waals surface area contributed by atoms with Crippen molar-refractivity contribution in [2.45, 2.75) is 110 Å². The van der Waals surface area contributed by atoms with Gasteiger partial charge in [-0.15, -0.1) is 0 Å². The summed E-state index contributed by atoms with van der Waals surface area (Å²) in [6.45, 7) is 4.59. The molecule has 0 radical (unpaired) electrons. The van der Waals surface area contributed by atoms with Gasteiger partial charge in [0.25, 0.3) is 0 Å². The minimum absolute atomic E-state index is 0.501. The SMILES string of the molecule is CCCCCCCCCCCCC([C+]1N=CC=N1)C(CCCC)Cc1ccccc1. The number of rotatable bonds is 18. The van der Waals surface area contributed by atoms with Crippen molar-refractivity contribution in [1.82, 2.24) is 0 Å². The second-order valence-electron chi connectivity index (χ2n) is 9.08. The molecule has 166 valence electrons. The van der Waals surface area contributed by atoms with Crippen LogP contribution in [0.1, 0.15) is 109 Å². The lowest BCUT2D eigenvalue weighted by Gasteiger charge is -2.26. The van der Waals surface area contributed by atoms with E-state index < -0.39 is 0 Å². The van der Waals surface area contributed by atoms with Crippen LogP contribution >= 0.6 is 0 Å². The Morgan fingerprint density at radius 1 is 0.667 bits per heavy atom. The van der Waals surface area contributed by atoms with Crippen molar-refractivity contribution >= 4 is 12.4 Å². The Kier molecular flexibility index (Phi) is 13.3. The lowest BCUT2D eigenvalue weighted by Crippen LogP contribution is -2.22. The van der Waals surface area contributed by atoms with Gasteiger partial charge in [-0.3, -0.25) is 0 Å². The Morgan fingerprint density at radius 2 is 1.23 bits per heavy atom. The minimum Gasteiger partial charge on any atom is -0.0965 e.